The molecule has 0 radical (unpaired) electrons. The summed E-state index contributed by atoms with van der Waals surface area (Å²) in [6.07, 6.45) is 1.20. The molecule has 0 aliphatic rings. The smallest absolute Gasteiger partial charge is 0.0726 e. The highest BCUT2D eigenvalue weighted by Gasteiger charge is 2.13. The van der Waals surface area contributed by atoms with Crippen molar-refractivity contribution in [3.05, 3.63) is 36.0 Å². The second-order valence-corrected chi connectivity index (χ2v) is 5.60. The van der Waals surface area contributed by atoms with Crippen molar-refractivity contribution in [3.8, 4) is 0 Å². The molecule has 1 atom stereocenters. The van der Waals surface area contributed by atoms with Crippen LogP contribution in [-0.2, 0) is 5.88 Å². The summed E-state index contributed by atoms with van der Waals surface area (Å²) in [7, 11) is 0. The van der Waals surface area contributed by atoms with Gasteiger partial charge < -0.3 is 4.90 Å². The predicted octanol–water partition coefficient (Wildman–Crippen LogP) is 4.85. The Morgan fingerprint density at radius 1 is 1.25 bits per heavy atom. The number of para-hydroxylation sites is 1. The number of hydrogen-bond donors (Lipinski definition) is 0. The summed E-state index contributed by atoms with van der Waals surface area (Å²) in [6.45, 7) is 8.82. The number of anilines is 1. The van der Waals surface area contributed by atoms with Crippen LogP contribution in [0, 0.1) is 5.92 Å². The van der Waals surface area contributed by atoms with Gasteiger partial charge in [-0.1, -0.05) is 38.5 Å². The monoisotopic (exact) mass is 290 g/mol. The van der Waals surface area contributed by atoms with E-state index in [4.69, 9.17) is 11.6 Å². The standard InChI is InChI=1S/C17H23ClN2/c1-4-13(3)12-20(5-2)17-10-14(11-18)19-16-9-7-6-8-15(16)17/h6-10,13H,4-5,11-12H2,1-3H3. The van der Waals surface area contributed by atoms with E-state index in [1.165, 1.54) is 17.5 Å². The second-order valence-electron chi connectivity index (χ2n) is 5.34. The molecule has 0 N–H and O–H groups in total. The average Bonchev–Trinajstić information content (AvgIpc) is 2.51. The first-order valence-electron chi connectivity index (χ1n) is 7.39. The number of halogens is 1. The molecule has 2 nitrogen and oxygen atoms in total. The molecule has 0 spiro atoms. The van der Waals surface area contributed by atoms with Gasteiger partial charge in [0.1, 0.15) is 0 Å². The van der Waals surface area contributed by atoms with Gasteiger partial charge in [-0.15, -0.1) is 11.6 Å². The summed E-state index contributed by atoms with van der Waals surface area (Å²) >= 11 is 6.00. The molecular formula is C17H23ClN2. The van der Waals surface area contributed by atoms with Crippen molar-refractivity contribution in [3.63, 3.8) is 0 Å². The minimum atomic E-state index is 0.457. The van der Waals surface area contributed by atoms with Crippen molar-refractivity contribution in [2.75, 3.05) is 18.0 Å². The van der Waals surface area contributed by atoms with Gasteiger partial charge in [0.25, 0.3) is 0 Å². The van der Waals surface area contributed by atoms with Gasteiger partial charge in [0.15, 0.2) is 0 Å². The van der Waals surface area contributed by atoms with Gasteiger partial charge in [-0.05, 0) is 25.0 Å². The molecule has 0 amide bonds. The zero-order chi connectivity index (χ0) is 14.5. The number of nitrogens with zero attached hydrogens (tertiary/aromatic N) is 2. The van der Waals surface area contributed by atoms with E-state index in [1.807, 2.05) is 6.07 Å². The van der Waals surface area contributed by atoms with E-state index in [0.29, 0.717) is 11.8 Å². The Bertz CT molecular complexity index is 568. The summed E-state index contributed by atoms with van der Waals surface area (Å²) in [5.41, 5.74) is 3.24. The first-order valence-corrected chi connectivity index (χ1v) is 7.92. The Balaban J connectivity index is 2.49. The maximum Gasteiger partial charge on any atom is 0.0726 e. The third kappa shape index (κ3) is 3.24. The summed E-state index contributed by atoms with van der Waals surface area (Å²) in [5.74, 6) is 1.14. The molecule has 2 rings (SSSR count). The SMILES string of the molecule is CCC(C)CN(CC)c1cc(CCl)nc2ccccc12. The molecule has 20 heavy (non-hydrogen) atoms. The van der Waals surface area contributed by atoms with Crippen LogP contribution in [0.4, 0.5) is 5.69 Å². The quantitative estimate of drug-likeness (QED) is 0.707. The van der Waals surface area contributed by atoms with E-state index >= 15 is 0 Å². The van der Waals surface area contributed by atoms with Gasteiger partial charge in [-0.25, -0.2) is 0 Å². The largest absolute Gasteiger partial charge is 0.371 e. The highest BCUT2D eigenvalue weighted by molar-refractivity contribution is 6.17. The van der Waals surface area contributed by atoms with E-state index in [-0.39, 0.29) is 0 Å². The molecule has 1 heterocycles. The molecule has 1 unspecified atom stereocenters. The van der Waals surface area contributed by atoms with Crippen molar-refractivity contribution >= 4 is 28.2 Å². The molecule has 0 aliphatic heterocycles. The number of pyridine rings is 1. The molecule has 0 fully saturated rings. The lowest BCUT2D eigenvalue weighted by Crippen LogP contribution is -2.28. The maximum atomic E-state index is 6.00. The highest BCUT2D eigenvalue weighted by atomic mass is 35.5. The highest BCUT2D eigenvalue weighted by Crippen LogP contribution is 2.28. The third-order valence-electron chi connectivity index (χ3n) is 3.84. The van der Waals surface area contributed by atoms with E-state index < -0.39 is 0 Å². The zero-order valence-electron chi connectivity index (χ0n) is 12.6. The molecule has 1 aromatic carbocycles. The van der Waals surface area contributed by atoms with E-state index in [9.17, 15) is 0 Å². The molecule has 0 aliphatic carbocycles. The molecular weight excluding hydrogens is 268 g/mol. The van der Waals surface area contributed by atoms with Gasteiger partial charge in [0.05, 0.1) is 17.1 Å². The molecule has 3 heteroatoms. The maximum absolute atomic E-state index is 6.00. The molecule has 1 aromatic heterocycles. The lowest BCUT2D eigenvalue weighted by atomic mass is 10.1. The Morgan fingerprint density at radius 3 is 2.65 bits per heavy atom. The lowest BCUT2D eigenvalue weighted by Gasteiger charge is -2.27. The van der Waals surface area contributed by atoms with Gasteiger partial charge in [0.2, 0.25) is 0 Å². The van der Waals surface area contributed by atoms with Crippen LogP contribution in [0.2, 0.25) is 0 Å². The Labute approximate surface area is 126 Å². The molecule has 0 saturated carbocycles. The Morgan fingerprint density at radius 2 is 2.00 bits per heavy atom. The minimum absolute atomic E-state index is 0.457. The number of rotatable bonds is 6. The lowest BCUT2D eigenvalue weighted by molar-refractivity contribution is 0.548. The average molecular weight is 291 g/mol. The number of benzene rings is 1. The topological polar surface area (TPSA) is 16.1 Å². The number of fused-ring (bicyclic) bond motifs is 1. The van der Waals surface area contributed by atoms with Crippen LogP contribution in [0.5, 0.6) is 0 Å². The van der Waals surface area contributed by atoms with Crippen molar-refractivity contribution in [1.82, 2.24) is 4.98 Å². The number of alkyl halides is 1. The van der Waals surface area contributed by atoms with E-state index in [1.54, 1.807) is 0 Å². The fraction of sp³-hybridized carbons (Fsp3) is 0.471. The van der Waals surface area contributed by atoms with Crippen LogP contribution in [0.25, 0.3) is 10.9 Å². The summed E-state index contributed by atoms with van der Waals surface area (Å²) < 4.78 is 0. The van der Waals surface area contributed by atoms with E-state index in [2.05, 4.69) is 54.9 Å². The van der Waals surface area contributed by atoms with E-state index in [0.717, 1.165) is 24.3 Å². The Kier molecular flexibility index (Phi) is 5.24. The molecule has 108 valence electrons. The molecule has 0 bridgehead atoms. The van der Waals surface area contributed by atoms with Crippen LogP contribution in [-0.4, -0.2) is 18.1 Å². The van der Waals surface area contributed by atoms with Crippen LogP contribution in [0.1, 0.15) is 32.9 Å². The number of hydrogen-bond acceptors (Lipinski definition) is 2. The normalized spacial score (nSPS) is 12.6. The van der Waals surface area contributed by atoms with Crippen LogP contribution >= 0.6 is 11.6 Å². The number of aromatic nitrogens is 1. The predicted molar refractivity (Wildman–Crippen MR) is 88.6 cm³/mol. The fourth-order valence-electron chi connectivity index (χ4n) is 2.44. The zero-order valence-corrected chi connectivity index (χ0v) is 13.3. The third-order valence-corrected chi connectivity index (χ3v) is 4.11. The summed E-state index contributed by atoms with van der Waals surface area (Å²) in [5, 5.41) is 1.21. The van der Waals surface area contributed by atoms with Crippen LogP contribution in [0.15, 0.2) is 30.3 Å². The van der Waals surface area contributed by atoms with Crippen molar-refractivity contribution in [2.24, 2.45) is 5.92 Å². The fourth-order valence-corrected chi connectivity index (χ4v) is 2.58. The van der Waals surface area contributed by atoms with Crippen molar-refractivity contribution in [2.45, 2.75) is 33.1 Å². The van der Waals surface area contributed by atoms with Gasteiger partial charge in [-0.2, -0.15) is 0 Å². The first-order chi connectivity index (χ1) is 9.69. The molecule has 2 aromatic rings. The summed E-state index contributed by atoms with van der Waals surface area (Å²) in [6, 6.07) is 10.5. The van der Waals surface area contributed by atoms with Gasteiger partial charge in [0, 0.05) is 24.2 Å². The molecule has 0 saturated heterocycles. The van der Waals surface area contributed by atoms with Gasteiger partial charge >= 0.3 is 0 Å². The van der Waals surface area contributed by atoms with Crippen molar-refractivity contribution in [1.29, 1.82) is 0 Å². The minimum Gasteiger partial charge on any atom is -0.371 e. The van der Waals surface area contributed by atoms with Crippen LogP contribution < -0.4 is 4.90 Å². The summed E-state index contributed by atoms with van der Waals surface area (Å²) in [4.78, 5) is 7.05. The second kappa shape index (κ2) is 6.94. The first kappa shape index (κ1) is 15.1. The van der Waals surface area contributed by atoms with Gasteiger partial charge in [-0.3, -0.25) is 4.98 Å². The van der Waals surface area contributed by atoms with Crippen molar-refractivity contribution < 1.29 is 0 Å². The Hall–Kier alpha value is -1.28. The van der Waals surface area contributed by atoms with Crippen LogP contribution in [0.3, 0.4) is 0 Å².